The maximum absolute atomic E-state index is 10.6. The number of methoxy groups -OCH3 is 1. The first-order valence-corrected chi connectivity index (χ1v) is 4.21. The highest BCUT2D eigenvalue weighted by molar-refractivity contribution is 5.59. The molecule has 0 bridgehead atoms. The average molecular weight is 196 g/mol. The number of phenols is 1. The van der Waals surface area contributed by atoms with Crippen molar-refractivity contribution >= 4 is 6.16 Å². The summed E-state index contributed by atoms with van der Waals surface area (Å²) in [6, 6.07) is 6.91. The van der Waals surface area contributed by atoms with Crippen molar-refractivity contribution < 1.29 is 19.4 Å². The molecule has 1 aromatic carbocycles. The van der Waals surface area contributed by atoms with Crippen LogP contribution in [0.15, 0.2) is 24.3 Å². The summed E-state index contributed by atoms with van der Waals surface area (Å²) in [5, 5.41) is 9.36. The summed E-state index contributed by atoms with van der Waals surface area (Å²) >= 11 is 0. The summed E-state index contributed by atoms with van der Waals surface area (Å²) in [5.74, 6) is 0.209. The van der Waals surface area contributed by atoms with Crippen LogP contribution in [-0.2, 0) is 15.9 Å². The molecular formula is C10H12O4. The summed E-state index contributed by atoms with van der Waals surface area (Å²) in [5.41, 5.74) is 0.747. The molecule has 0 unspecified atom stereocenters. The number of hydrogen-bond acceptors (Lipinski definition) is 4. The predicted molar refractivity (Wildman–Crippen MR) is 50.2 cm³/mol. The molecule has 0 saturated carbocycles. The van der Waals surface area contributed by atoms with Crippen LogP contribution in [0.2, 0.25) is 0 Å². The minimum atomic E-state index is -0.708. The van der Waals surface area contributed by atoms with Crippen molar-refractivity contribution in [3.05, 3.63) is 29.8 Å². The lowest BCUT2D eigenvalue weighted by molar-refractivity contribution is 0.0735. The van der Waals surface area contributed by atoms with Crippen LogP contribution in [0.3, 0.4) is 0 Å². The number of rotatable bonds is 3. The number of aromatic hydroxyl groups is 1. The van der Waals surface area contributed by atoms with Gasteiger partial charge >= 0.3 is 6.16 Å². The Morgan fingerprint density at radius 2 is 2.14 bits per heavy atom. The van der Waals surface area contributed by atoms with Crippen LogP contribution >= 0.6 is 0 Å². The SMILES string of the molecule is COC(=O)OCCc1ccccc1O. The summed E-state index contributed by atoms with van der Waals surface area (Å²) < 4.78 is 8.97. The van der Waals surface area contributed by atoms with E-state index in [1.165, 1.54) is 7.11 Å². The Balaban J connectivity index is 2.39. The first-order chi connectivity index (χ1) is 6.74. The fourth-order valence-corrected chi connectivity index (χ4v) is 1.03. The van der Waals surface area contributed by atoms with Gasteiger partial charge in [0.1, 0.15) is 5.75 Å². The largest absolute Gasteiger partial charge is 0.508 e. The third-order valence-electron chi connectivity index (χ3n) is 1.75. The molecule has 4 nitrogen and oxygen atoms in total. The molecule has 0 heterocycles. The summed E-state index contributed by atoms with van der Waals surface area (Å²) in [7, 11) is 1.25. The third kappa shape index (κ3) is 2.97. The molecule has 1 rings (SSSR count). The Labute approximate surface area is 82.1 Å². The Bertz CT molecular complexity index is 309. The van der Waals surface area contributed by atoms with E-state index in [0.29, 0.717) is 6.42 Å². The molecule has 0 spiro atoms. The second kappa shape index (κ2) is 5.11. The van der Waals surface area contributed by atoms with Gasteiger partial charge in [-0.25, -0.2) is 4.79 Å². The molecule has 4 heteroatoms. The lowest BCUT2D eigenvalue weighted by Gasteiger charge is -2.04. The highest BCUT2D eigenvalue weighted by atomic mass is 16.7. The minimum Gasteiger partial charge on any atom is -0.508 e. The van der Waals surface area contributed by atoms with Crippen molar-refractivity contribution in [2.24, 2.45) is 0 Å². The maximum Gasteiger partial charge on any atom is 0.507 e. The molecule has 0 amide bonds. The average Bonchev–Trinajstić information content (AvgIpc) is 2.20. The Morgan fingerprint density at radius 3 is 2.79 bits per heavy atom. The number of para-hydroxylation sites is 1. The first kappa shape index (κ1) is 10.4. The zero-order chi connectivity index (χ0) is 10.4. The quantitative estimate of drug-likeness (QED) is 0.748. The van der Waals surface area contributed by atoms with E-state index in [1.54, 1.807) is 18.2 Å². The molecule has 0 aliphatic rings. The summed E-state index contributed by atoms with van der Waals surface area (Å²) in [6.45, 7) is 0.199. The monoisotopic (exact) mass is 196 g/mol. The Kier molecular flexibility index (Phi) is 3.79. The van der Waals surface area contributed by atoms with Gasteiger partial charge in [-0.2, -0.15) is 0 Å². The molecule has 76 valence electrons. The minimum absolute atomic E-state index is 0.199. The van der Waals surface area contributed by atoms with Gasteiger partial charge in [-0.3, -0.25) is 0 Å². The Morgan fingerprint density at radius 1 is 1.43 bits per heavy atom. The lowest BCUT2D eigenvalue weighted by atomic mass is 10.1. The van der Waals surface area contributed by atoms with Crippen LogP contribution in [0.25, 0.3) is 0 Å². The van der Waals surface area contributed by atoms with E-state index >= 15 is 0 Å². The van der Waals surface area contributed by atoms with Gasteiger partial charge < -0.3 is 14.6 Å². The molecule has 0 aliphatic carbocycles. The molecule has 1 aromatic rings. The van der Waals surface area contributed by atoms with E-state index in [9.17, 15) is 9.90 Å². The fraction of sp³-hybridized carbons (Fsp3) is 0.300. The molecule has 14 heavy (non-hydrogen) atoms. The fourth-order valence-electron chi connectivity index (χ4n) is 1.03. The van der Waals surface area contributed by atoms with E-state index in [0.717, 1.165) is 5.56 Å². The van der Waals surface area contributed by atoms with Gasteiger partial charge in [0, 0.05) is 6.42 Å². The number of carbonyl (C=O) groups excluding carboxylic acids is 1. The van der Waals surface area contributed by atoms with Crippen LogP contribution in [0.1, 0.15) is 5.56 Å². The van der Waals surface area contributed by atoms with Gasteiger partial charge in [0.25, 0.3) is 0 Å². The van der Waals surface area contributed by atoms with Crippen molar-refractivity contribution in [3.63, 3.8) is 0 Å². The van der Waals surface area contributed by atoms with Gasteiger partial charge in [-0.05, 0) is 11.6 Å². The summed E-state index contributed by atoms with van der Waals surface area (Å²) in [6.07, 6.45) is -0.234. The summed E-state index contributed by atoms with van der Waals surface area (Å²) in [4.78, 5) is 10.6. The van der Waals surface area contributed by atoms with E-state index in [1.807, 2.05) is 6.07 Å². The van der Waals surface area contributed by atoms with E-state index in [-0.39, 0.29) is 12.4 Å². The normalized spacial score (nSPS) is 9.50. The van der Waals surface area contributed by atoms with Crippen LogP contribution in [0.4, 0.5) is 4.79 Å². The number of phenolic OH excluding ortho intramolecular Hbond substituents is 1. The lowest BCUT2D eigenvalue weighted by Crippen LogP contribution is -2.07. The number of ether oxygens (including phenoxy) is 2. The highest BCUT2D eigenvalue weighted by Crippen LogP contribution is 2.15. The van der Waals surface area contributed by atoms with Crippen molar-refractivity contribution in [1.82, 2.24) is 0 Å². The Hall–Kier alpha value is -1.71. The topological polar surface area (TPSA) is 55.8 Å². The molecule has 0 saturated heterocycles. The van der Waals surface area contributed by atoms with Crippen LogP contribution in [0.5, 0.6) is 5.75 Å². The number of hydrogen-bond donors (Lipinski definition) is 1. The molecule has 0 atom stereocenters. The van der Waals surface area contributed by atoms with Gasteiger partial charge in [-0.15, -0.1) is 0 Å². The second-order valence-corrected chi connectivity index (χ2v) is 2.68. The highest BCUT2D eigenvalue weighted by Gasteiger charge is 2.02. The first-order valence-electron chi connectivity index (χ1n) is 4.21. The van der Waals surface area contributed by atoms with Gasteiger partial charge in [0.15, 0.2) is 0 Å². The zero-order valence-corrected chi connectivity index (χ0v) is 7.90. The van der Waals surface area contributed by atoms with E-state index in [4.69, 9.17) is 0 Å². The molecule has 1 N–H and O–H groups in total. The molecular weight excluding hydrogens is 184 g/mol. The third-order valence-corrected chi connectivity index (χ3v) is 1.75. The van der Waals surface area contributed by atoms with Gasteiger partial charge in [-0.1, -0.05) is 18.2 Å². The van der Waals surface area contributed by atoms with Gasteiger partial charge in [0.2, 0.25) is 0 Å². The molecule has 0 aromatic heterocycles. The van der Waals surface area contributed by atoms with Crippen LogP contribution < -0.4 is 0 Å². The smallest absolute Gasteiger partial charge is 0.507 e. The van der Waals surface area contributed by atoms with Crippen molar-refractivity contribution in [1.29, 1.82) is 0 Å². The van der Waals surface area contributed by atoms with E-state index in [2.05, 4.69) is 9.47 Å². The maximum atomic E-state index is 10.6. The zero-order valence-electron chi connectivity index (χ0n) is 7.90. The van der Waals surface area contributed by atoms with Crippen molar-refractivity contribution in [2.75, 3.05) is 13.7 Å². The number of carbonyl (C=O) groups is 1. The van der Waals surface area contributed by atoms with Crippen molar-refractivity contribution in [2.45, 2.75) is 6.42 Å². The van der Waals surface area contributed by atoms with Crippen LogP contribution in [-0.4, -0.2) is 25.0 Å². The molecule has 0 aliphatic heterocycles. The standard InChI is InChI=1S/C10H12O4/c1-13-10(12)14-7-6-8-4-2-3-5-9(8)11/h2-5,11H,6-7H2,1H3. The molecule has 0 fully saturated rings. The van der Waals surface area contributed by atoms with Crippen molar-refractivity contribution in [3.8, 4) is 5.75 Å². The number of benzene rings is 1. The van der Waals surface area contributed by atoms with Gasteiger partial charge in [0.05, 0.1) is 13.7 Å². The van der Waals surface area contributed by atoms with Crippen LogP contribution in [0, 0.1) is 0 Å². The second-order valence-electron chi connectivity index (χ2n) is 2.68. The molecule has 0 radical (unpaired) electrons. The predicted octanol–water partition coefficient (Wildman–Crippen LogP) is 1.72. The van der Waals surface area contributed by atoms with E-state index < -0.39 is 6.16 Å².